The van der Waals surface area contributed by atoms with E-state index >= 15 is 0 Å². The molecule has 5 rings (SSSR count). The van der Waals surface area contributed by atoms with Crippen molar-refractivity contribution < 1.29 is 14.3 Å². The third kappa shape index (κ3) is 4.49. The lowest BCUT2D eigenvalue weighted by Gasteiger charge is -2.22. The summed E-state index contributed by atoms with van der Waals surface area (Å²) in [7, 11) is 1.63. The Bertz CT molecular complexity index is 1290. The zero-order valence-corrected chi connectivity index (χ0v) is 18.5. The van der Waals surface area contributed by atoms with Crippen molar-refractivity contribution in [3.05, 3.63) is 96.3 Å². The van der Waals surface area contributed by atoms with Crippen molar-refractivity contribution in [1.29, 1.82) is 0 Å². The number of hydrogen-bond donors (Lipinski definition) is 0. The van der Waals surface area contributed by atoms with Crippen molar-refractivity contribution in [2.45, 2.75) is 12.5 Å². The summed E-state index contributed by atoms with van der Waals surface area (Å²) in [4.78, 5) is 13.2. The molecule has 0 N–H and O–H groups in total. The van der Waals surface area contributed by atoms with Gasteiger partial charge in [0, 0.05) is 12.5 Å². The van der Waals surface area contributed by atoms with E-state index in [9.17, 15) is 4.79 Å². The molecule has 0 saturated carbocycles. The van der Waals surface area contributed by atoms with Crippen molar-refractivity contribution in [2.75, 3.05) is 13.7 Å². The van der Waals surface area contributed by atoms with Crippen LogP contribution >= 0.6 is 0 Å². The summed E-state index contributed by atoms with van der Waals surface area (Å²) in [6.07, 6.45) is 2.10. The van der Waals surface area contributed by atoms with Gasteiger partial charge in [-0.1, -0.05) is 48.5 Å². The first kappa shape index (κ1) is 21.3. The quantitative estimate of drug-likeness (QED) is 0.425. The van der Waals surface area contributed by atoms with Gasteiger partial charge < -0.3 is 9.47 Å². The monoisotopic (exact) mass is 454 g/mol. The molecule has 1 aliphatic rings. The zero-order chi connectivity index (χ0) is 23.3. The summed E-state index contributed by atoms with van der Waals surface area (Å²) >= 11 is 0. The maximum absolute atomic E-state index is 13.2. The second-order valence-electron chi connectivity index (χ2n) is 7.68. The van der Waals surface area contributed by atoms with Gasteiger partial charge in [0.05, 0.1) is 24.6 Å². The Morgan fingerprint density at radius 2 is 1.82 bits per heavy atom. The molecule has 0 saturated heterocycles. The van der Waals surface area contributed by atoms with Gasteiger partial charge in [-0.05, 0) is 45.8 Å². The van der Waals surface area contributed by atoms with Gasteiger partial charge in [-0.25, -0.2) is 9.69 Å². The molecule has 1 amide bonds. The number of nitrogens with zero attached hydrogens (tertiary/aromatic N) is 6. The van der Waals surface area contributed by atoms with Crippen LogP contribution in [0, 0.1) is 0 Å². The summed E-state index contributed by atoms with van der Waals surface area (Å²) in [5, 5.41) is 17.4. The molecule has 1 aromatic heterocycles. The first-order valence-corrected chi connectivity index (χ1v) is 10.8. The molecular formula is C25H22N6O3. The third-order valence-electron chi connectivity index (χ3n) is 5.57. The molecule has 34 heavy (non-hydrogen) atoms. The minimum atomic E-state index is -0.237. The van der Waals surface area contributed by atoms with E-state index in [1.807, 2.05) is 66.7 Å². The maximum Gasteiger partial charge on any atom is 0.281 e. The fourth-order valence-electron chi connectivity index (χ4n) is 3.84. The number of ether oxygens (including phenoxy) is 2. The number of benzene rings is 3. The second kappa shape index (κ2) is 9.53. The Morgan fingerprint density at radius 1 is 1.00 bits per heavy atom. The molecule has 0 unspecified atom stereocenters. The van der Waals surface area contributed by atoms with E-state index < -0.39 is 0 Å². The molecule has 0 bridgehead atoms. The molecule has 9 heteroatoms. The minimum absolute atomic E-state index is 0.155. The average Bonchev–Trinajstić information content (AvgIpc) is 3.59. The Morgan fingerprint density at radius 3 is 2.56 bits per heavy atom. The fourth-order valence-corrected chi connectivity index (χ4v) is 3.84. The predicted molar refractivity (Wildman–Crippen MR) is 125 cm³/mol. The maximum atomic E-state index is 13.2. The van der Waals surface area contributed by atoms with Gasteiger partial charge in [0.15, 0.2) is 6.61 Å². The smallest absolute Gasteiger partial charge is 0.281 e. The predicted octanol–water partition coefficient (Wildman–Crippen LogP) is 3.43. The van der Waals surface area contributed by atoms with E-state index in [2.05, 4.69) is 20.6 Å². The largest absolute Gasteiger partial charge is 0.497 e. The molecule has 1 aliphatic heterocycles. The second-order valence-corrected chi connectivity index (χ2v) is 7.68. The molecule has 9 nitrogen and oxygen atoms in total. The van der Waals surface area contributed by atoms with Crippen LogP contribution in [0.15, 0.2) is 90.3 Å². The van der Waals surface area contributed by atoms with E-state index in [0.29, 0.717) is 12.2 Å². The summed E-state index contributed by atoms with van der Waals surface area (Å²) in [6, 6.07) is 24.6. The van der Waals surface area contributed by atoms with Crippen LogP contribution in [0.2, 0.25) is 0 Å². The normalized spacial score (nSPS) is 15.1. The summed E-state index contributed by atoms with van der Waals surface area (Å²) in [6.45, 7) is -0.155. The van der Waals surface area contributed by atoms with E-state index in [4.69, 9.17) is 9.47 Å². The van der Waals surface area contributed by atoms with Crippen LogP contribution in [0.25, 0.3) is 5.69 Å². The highest BCUT2D eigenvalue weighted by Crippen LogP contribution is 2.33. The summed E-state index contributed by atoms with van der Waals surface area (Å²) < 4.78 is 12.6. The number of tetrazole rings is 1. The molecular weight excluding hydrogens is 432 g/mol. The van der Waals surface area contributed by atoms with Crippen LogP contribution in [0.5, 0.6) is 11.5 Å². The van der Waals surface area contributed by atoms with Crippen molar-refractivity contribution in [3.63, 3.8) is 0 Å². The van der Waals surface area contributed by atoms with Gasteiger partial charge in [0.25, 0.3) is 5.91 Å². The van der Waals surface area contributed by atoms with Crippen LogP contribution in [0.4, 0.5) is 0 Å². The Balaban J connectivity index is 1.36. The number of carbonyl (C=O) groups excluding carboxylic acids is 1. The lowest BCUT2D eigenvalue weighted by Crippen LogP contribution is -2.31. The van der Waals surface area contributed by atoms with E-state index in [-0.39, 0.29) is 18.6 Å². The molecule has 0 fully saturated rings. The molecule has 2 heterocycles. The molecule has 0 radical (unpaired) electrons. The van der Waals surface area contributed by atoms with Gasteiger partial charge in [0.2, 0.25) is 0 Å². The Hall–Kier alpha value is -4.53. The SMILES string of the molecule is COc1ccc([C@H]2CC(c3ccccc3)=NN2C(=O)COc2cccc(-n3cnnn3)c2)cc1. The molecule has 0 spiro atoms. The number of hydrazone groups is 1. The zero-order valence-electron chi connectivity index (χ0n) is 18.5. The number of amides is 1. The molecule has 170 valence electrons. The molecule has 1 atom stereocenters. The topological polar surface area (TPSA) is 94.7 Å². The number of hydrogen-bond acceptors (Lipinski definition) is 7. The van der Waals surface area contributed by atoms with E-state index in [1.54, 1.807) is 19.2 Å². The first-order valence-electron chi connectivity index (χ1n) is 10.8. The number of rotatable bonds is 7. The van der Waals surface area contributed by atoms with Crippen molar-refractivity contribution >= 4 is 11.6 Å². The van der Waals surface area contributed by atoms with Crippen LogP contribution < -0.4 is 9.47 Å². The van der Waals surface area contributed by atoms with Crippen molar-refractivity contribution in [3.8, 4) is 17.2 Å². The summed E-state index contributed by atoms with van der Waals surface area (Å²) in [5.74, 6) is 1.06. The minimum Gasteiger partial charge on any atom is -0.497 e. The number of methoxy groups -OCH3 is 1. The fraction of sp³-hybridized carbons (Fsp3) is 0.160. The Kier molecular flexibility index (Phi) is 5.98. The number of aromatic nitrogens is 4. The van der Waals surface area contributed by atoms with Crippen molar-refractivity contribution in [1.82, 2.24) is 25.2 Å². The van der Waals surface area contributed by atoms with Crippen LogP contribution in [-0.4, -0.2) is 50.6 Å². The van der Waals surface area contributed by atoms with Crippen LogP contribution in [-0.2, 0) is 4.79 Å². The van der Waals surface area contributed by atoms with Gasteiger partial charge in [-0.2, -0.15) is 5.10 Å². The van der Waals surface area contributed by atoms with Gasteiger partial charge in [0.1, 0.15) is 17.8 Å². The highest BCUT2D eigenvalue weighted by molar-refractivity contribution is 6.03. The number of carbonyl (C=O) groups is 1. The summed E-state index contributed by atoms with van der Waals surface area (Å²) in [5.41, 5.74) is 3.56. The first-order chi connectivity index (χ1) is 16.7. The molecule has 0 aliphatic carbocycles. The Labute approximate surface area is 196 Å². The van der Waals surface area contributed by atoms with Gasteiger partial charge in [-0.3, -0.25) is 4.79 Å². The highest BCUT2D eigenvalue weighted by atomic mass is 16.5. The van der Waals surface area contributed by atoms with Gasteiger partial charge >= 0.3 is 0 Å². The van der Waals surface area contributed by atoms with Crippen LogP contribution in [0.1, 0.15) is 23.6 Å². The van der Waals surface area contributed by atoms with Crippen LogP contribution in [0.3, 0.4) is 0 Å². The molecule has 4 aromatic rings. The van der Waals surface area contributed by atoms with Gasteiger partial charge in [-0.15, -0.1) is 5.10 Å². The molecule has 3 aromatic carbocycles. The van der Waals surface area contributed by atoms with E-state index in [1.165, 1.54) is 16.0 Å². The lowest BCUT2D eigenvalue weighted by atomic mass is 9.98. The lowest BCUT2D eigenvalue weighted by molar-refractivity contribution is -0.135. The average molecular weight is 454 g/mol. The van der Waals surface area contributed by atoms with Crippen molar-refractivity contribution in [2.24, 2.45) is 5.10 Å². The van der Waals surface area contributed by atoms with E-state index in [0.717, 1.165) is 28.3 Å². The third-order valence-corrected chi connectivity index (χ3v) is 5.57. The standard InChI is InChI=1S/C25H22N6O3/c1-33-21-12-10-19(11-13-21)24-15-23(18-6-3-2-4-7-18)27-31(24)25(32)16-34-22-9-5-8-20(14-22)30-17-26-28-29-30/h2-14,17,24H,15-16H2,1H3/t24-/m1/s1. The highest BCUT2D eigenvalue weighted by Gasteiger charge is 2.33.